The van der Waals surface area contributed by atoms with Crippen LogP contribution >= 0.6 is 11.8 Å². The van der Waals surface area contributed by atoms with Gasteiger partial charge in [-0.1, -0.05) is 17.8 Å². The normalized spacial score (nSPS) is 11.2. The van der Waals surface area contributed by atoms with E-state index in [1.165, 1.54) is 22.9 Å². The Morgan fingerprint density at radius 3 is 2.57 bits per heavy atom. The van der Waals surface area contributed by atoms with Crippen LogP contribution in [0.15, 0.2) is 52.2 Å². The lowest BCUT2D eigenvalue weighted by Gasteiger charge is -2.12. The fourth-order valence-corrected chi connectivity index (χ4v) is 4.37. The minimum Gasteiger partial charge on any atom is -0.461 e. The molecule has 3 heterocycles. The molecular weight excluding hydrogens is 396 g/mol. The molecule has 1 aromatic carbocycles. The Morgan fingerprint density at radius 2 is 1.87 bits per heavy atom. The average Bonchev–Trinajstić information content (AvgIpc) is 3.42. The lowest BCUT2D eigenvalue weighted by Crippen LogP contribution is -2.06. The minimum atomic E-state index is 0.0748. The van der Waals surface area contributed by atoms with Gasteiger partial charge in [0.05, 0.1) is 12.0 Å². The number of aromatic nitrogens is 4. The van der Waals surface area contributed by atoms with Crippen LogP contribution in [0.1, 0.15) is 32.9 Å². The molecule has 0 bridgehead atoms. The Bertz CT molecular complexity index is 1220. The molecule has 0 atom stereocenters. The maximum Gasteiger partial charge on any atom is 0.200 e. The fraction of sp³-hybridized carbons (Fsp3) is 0.261. The van der Waals surface area contributed by atoms with Gasteiger partial charge in [0.2, 0.25) is 0 Å². The summed E-state index contributed by atoms with van der Waals surface area (Å²) in [6.45, 7) is 8.24. The molecule has 30 heavy (non-hydrogen) atoms. The lowest BCUT2D eigenvalue weighted by molar-refractivity contribution is 0.102. The standard InChI is InChI=1S/C23H24N4O2S/c1-14-8-9-18(11-15(14)2)27-16(3)12-19(17(27)4)20(28)13-30-23-25-24-22(26(23)5)21-7-6-10-29-21/h6-12H,13H2,1-5H3. The van der Waals surface area contributed by atoms with Gasteiger partial charge in [0, 0.05) is 29.7 Å². The summed E-state index contributed by atoms with van der Waals surface area (Å²) >= 11 is 1.38. The number of nitrogens with zero attached hydrogens (tertiary/aromatic N) is 4. The number of hydrogen-bond acceptors (Lipinski definition) is 5. The number of ketones is 1. The molecule has 0 aliphatic heterocycles. The minimum absolute atomic E-state index is 0.0748. The van der Waals surface area contributed by atoms with E-state index >= 15 is 0 Å². The quantitative estimate of drug-likeness (QED) is 0.322. The Balaban J connectivity index is 1.54. The highest BCUT2D eigenvalue weighted by Crippen LogP contribution is 2.26. The zero-order valence-electron chi connectivity index (χ0n) is 17.8. The molecule has 0 aliphatic rings. The highest BCUT2D eigenvalue weighted by Gasteiger charge is 2.19. The predicted octanol–water partition coefficient (Wildman–Crippen LogP) is 5.07. The van der Waals surface area contributed by atoms with Crippen LogP contribution in [-0.4, -0.2) is 30.9 Å². The molecule has 3 aromatic heterocycles. The second-order valence-electron chi connectivity index (χ2n) is 7.44. The van der Waals surface area contributed by atoms with E-state index in [0.717, 1.165) is 22.6 Å². The van der Waals surface area contributed by atoms with Gasteiger partial charge in [-0.2, -0.15) is 0 Å². The fourth-order valence-electron chi connectivity index (χ4n) is 3.58. The number of hydrogen-bond donors (Lipinski definition) is 0. The van der Waals surface area contributed by atoms with Crippen LogP contribution in [0.5, 0.6) is 0 Å². The van der Waals surface area contributed by atoms with Gasteiger partial charge >= 0.3 is 0 Å². The molecule has 4 rings (SSSR count). The van der Waals surface area contributed by atoms with Crippen molar-refractivity contribution in [1.29, 1.82) is 0 Å². The van der Waals surface area contributed by atoms with Crippen molar-refractivity contribution in [2.24, 2.45) is 7.05 Å². The first-order chi connectivity index (χ1) is 14.4. The SMILES string of the molecule is Cc1ccc(-n2c(C)cc(C(=O)CSc3nnc(-c4ccco4)n3C)c2C)cc1C. The van der Waals surface area contributed by atoms with Crippen LogP contribution in [0.4, 0.5) is 0 Å². The number of thioether (sulfide) groups is 1. The van der Waals surface area contributed by atoms with Gasteiger partial charge < -0.3 is 13.6 Å². The topological polar surface area (TPSA) is 65.8 Å². The molecule has 4 aromatic rings. The number of benzene rings is 1. The average molecular weight is 421 g/mol. The molecule has 0 fully saturated rings. The summed E-state index contributed by atoms with van der Waals surface area (Å²) in [4.78, 5) is 13.0. The second-order valence-corrected chi connectivity index (χ2v) is 8.39. The molecule has 0 amide bonds. The third-order valence-electron chi connectivity index (χ3n) is 5.39. The van der Waals surface area contributed by atoms with Crippen molar-refractivity contribution in [3.63, 3.8) is 0 Å². The molecule has 0 saturated heterocycles. The van der Waals surface area contributed by atoms with E-state index < -0.39 is 0 Å². The first-order valence-corrected chi connectivity index (χ1v) is 10.7. The maximum atomic E-state index is 13.0. The largest absolute Gasteiger partial charge is 0.461 e. The molecular formula is C23H24N4O2S. The number of carbonyl (C=O) groups excluding carboxylic acids is 1. The van der Waals surface area contributed by atoms with Crippen LogP contribution in [0.25, 0.3) is 17.3 Å². The van der Waals surface area contributed by atoms with E-state index in [1.807, 2.05) is 43.7 Å². The zero-order valence-corrected chi connectivity index (χ0v) is 18.6. The molecule has 0 N–H and O–H groups in total. The molecule has 0 saturated carbocycles. The van der Waals surface area contributed by atoms with Crippen molar-refractivity contribution < 1.29 is 9.21 Å². The zero-order chi connectivity index (χ0) is 21.4. The first-order valence-electron chi connectivity index (χ1n) is 9.72. The summed E-state index contributed by atoms with van der Waals surface area (Å²) < 4.78 is 9.38. The summed E-state index contributed by atoms with van der Waals surface area (Å²) in [5.41, 5.74) is 6.31. The van der Waals surface area contributed by atoms with Gasteiger partial charge in [0.15, 0.2) is 22.5 Å². The highest BCUT2D eigenvalue weighted by molar-refractivity contribution is 7.99. The van der Waals surface area contributed by atoms with Crippen LogP contribution in [0, 0.1) is 27.7 Å². The summed E-state index contributed by atoms with van der Waals surface area (Å²) in [7, 11) is 1.87. The number of furan rings is 1. The smallest absolute Gasteiger partial charge is 0.200 e. The first kappa shape index (κ1) is 20.2. The second kappa shape index (κ2) is 7.99. The van der Waals surface area contributed by atoms with Gasteiger partial charge in [0.25, 0.3) is 0 Å². The van der Waals surface area contributed by atoms with Crippen LogP contribution in [0.3, 0.4) is 0 Å². The van der Waals surface area contributed by atoms with Gasteiger partial charge in [-0.15, -0.1) is 10.2 Å². The van der Waals surface area contributed by atoms with Crippen molar-refractivity contribution in [2.75, 3.05) is 5.75 Å². The van der Waals surface area contributed by atoms with Gasteiger partial charge in [-0.05, 0) is 69.2 Å². The molecule has 0 spiro atoms. The van der Waals surface area contributed by atoms with Crippen molar-refractivity contribution in [3.05, 3.63) is 70.7 Å². The van der Waals surface area contributed by atoms with Crippen molar-refractivity contribution >= 4 is 17.5 Å². The predicted molar refractivity (Wildman–Crippen MR) is 118 cm³/mol. The van der Waals surface area contributed by atoms with E-state index in [4.69, 9.17) is 4.42 Å². The van der Waals surface area contributed by atoms with Gasteiger partial charge in [0.1, 0.15) is 0 Å². The van der Waals surface area contributed by atoms with Crippen molar-refractivity contribution in [3.8, 4) is 17.3 Å². The Hall–Kier alpha value is -3.06. The number of rotatable bonds is 6. The Morgan fingerprint density at radius 1 is 1.07 bits per heavy atom. The molecule has 0 radical (unpaired) electrons. The molecule has 6 nitrogen and oxygen atoms in total. The van der Waals surface area contributed by atoms with E-state index in [9.17, 15) is 4.79 Å². The lowest BCUT2D eigenvalue weighted by atomic mass is 10.1. The third kappa shape index (κ3) is 3.61. The van der Waals surface area contributed by atoms with E-state index in [-0.39, 0.29) is 5.78 Å². The van der Waals surface area contributed by atoms with Crippen molar-refractivity contribution in [2.45, 2.75) is 32.9 Å². The Kier molecular flexibility index (Phi) is 5.39. The summed E-state index contributed by atoms with van der Waals surface area (Å²) in [5.74, 6) is 1.66. The summed E-state index contributed by atoms with van der Waals surface area (Å²) in [6, 6.07) is 12.0. The monoisotopic (exact) mass is 420 g/mol. The van der Waals surface area contributed by atoms with Crippen LogP contribution in [0.2, 0.25) is 0 Å². The van der Waals surface area contributed by atoms with Gasteiger partial charge in [-0.25, -0.2) is 0 Å². The van der Waals surface area contributed by atoms with E-state index in [0.29, 0.717) is 22.5 Å². The maximum absolute atomic E-state index is 13.0. The van der Waals surface area contributed by atoms with Gasteiger partial charge in [-0.3, -0.25) is 4.79 Å². The Labute approximate surface area is 179 Å². The molecule has 0 aliphatic carbocycles. The van der Waals surface area contributed by atoms with E-state index in [1.54, 1.807) is 6.26 Å². The number of Topliss-reactive ketones (excluding diaryl/α,β-unsaturated/α-hetero) is 1. The third-order valence-corrected chi connectivity index (χ3v) is 6.41. The number of aryl methyl sites for hydroxylation is 3. The summed E-state index contributed by atoms with van der Waals surface area (Å²) in [6.07, 6.45) is 1.60. The molecule has 7 heteroatoms. The summed E-state index contributed by atoms with van der Waals surface area (Å²) in [5, 5.41) is 9.07. The van der Waals surface area contributed by atoms with Crippen LogP contribution in [-0.2, 0) is 7.05 Å². The molecule has 154 valence electrons. The van der Waals surface area contributed by atoms with E-state index in [2.05, 4.69) is 46.8 Å². The molecule has 0 unspecified atom stereocenters. The van der Waals surface area contributed by atoms with Crippen LogP contribution < -0.4 is 0 Å². The number of carbonyl (C=O) groups is 1. The highest BCUT2D eigenvalue weighted by atomic mass is 32.2. The van der Waals surface area contributed by atoms with Crippen molar-refractivity contribution in [1.82, 2.24) is 19.3 Å².